The van der Waals surface area contributed by atoms with Crippen LogP contribution in [0.25, 0.3) is 0 Å². The molecule has 6 nitrogen and oxygen atoms in total. The van der Waals surface area contributed by atoms with Crippen molar-refractivity contribution < 1.29 is 29.6 Å². The second kappa shape index (κ2) is 13.1. The standard InChI is InChI=1S/C28H46O6/c1-7-22(29)14-15-28(17-33-28)25(31)13-12-20(5)26(32)19(4)11-9-10-18(3)16-24-27(34-24)21(6)23(30)8-2/h9-13,18,20-25,27,29-31H,7-8,14-17H2,1-6H3/b10-9+,13-12+,19-11+. The average Bonchev–Trinajstić information content (AvgIpc) is 3.75. The molecule has 9 atom stereocenters. The van der Waals surface area contributed by atoms with Crippen molar-refractivity contribution >= 4 is 5.78 Å². The Balaban J connectivity index is 1.78. The first kappa shape index (κ1) is 28.9. The van der Waals surface area contributed by atoms with E-state index in [0.29, 0.717) is 37.4 Å². The maximum absolute atomic E-state index is 12.7. The molecule has 2 heterocycles. The molecule has 0 aromatic heterocycles. The highest BCUT2D eigenvalue weighted by atomic mass is 16.6. The van der Waals surface area contributed by atoms with Gasteiger partial charge in [0.25, 0.3) is 0 Å². The van der Waals surface area contributed by atoms with Crippen molar-refractivity contribution in [3.05, 3.63) is 36.0 Å². The molecule has 6 heteroatoms. The van der Waals surface area contributed by atoms with Crippen LogP contribution >= 0.6 is 0 Å². The summed E-state index contributed by atoms with van der Waals surface area (Å²) < 4.78 is 11.3. The lowest BCUT2D eigenvalue weighted by atomic mass is 9.92. The van der Waals surface area contributed by atoms with Gasteiger partial charge in [0.2, 0.25) is 0 Å². The van der Waals surface area contributed by atoms with Crippen LogP contribution in [0.4, 0.5) is 0 Å². The van der Waals surface area contributed by atoms with Crippen molar-refractivity contribution in [2.24, 2.45) is 17.8 Å². The number of carbonyl (C=O) groups is 1. The van der Waals surface area contributed by atoms with Gasteiger partial charge in [-0.2, -0.15) is 0 Å². The molecule has 2 aliphatic heterocycles. The molecule has 0 aromatic rings. The van der Waals surface area contributed by atoms with Gasteiger partial charge in [0.1, 0.15) is 11.7 Å². The zero-order chi connectivity index (χ0) is 25.5. The Morgan fingerprint density at radius 3 is 2.35 bits per heavy atom. The molecule has 34 heavy (non-hydrogen) atoms. The number of aliphatic hydroxyl groups excluding tert-OH is 3. The lowest BCUT2D eigenvalue weighted by Gasteiger charge is -2.18. The Hall–Kier alpha value is -1.31. The minimum absolute atomic E-state index is 0.0147. The highest BCUT2D eigenvalue weighted by Crippen LogP contribution is 2.38. The highest BCUT2D eigenvalue weighted by molar-refractivity contribution is 5.97. The third-order valence-corrected chi connectivity index (χ3v) is 7.37. The zero-order valence-electron chi connectivity index (χ0n) is 21.8. The number of ketones is 1. The van der Waals surface area contributed by atoms with E-state index < -0.39 is 11.7 Å². The van der Waals surface area contributed by atoms with Gasteiger partial charge in [0, 0.05) is 11.8 Å². The zero-order valence-corrected chi connectivity index (χ0v) is 21.8. The number of ether oxygens (including phenoxy) is 2. The first-order valence-electron chi connectivity index (χ1n) is 13.0. The number of hydrogen-bond acceptors (Lipinski definition) is 6. The highest BCUT2D eigenvalue weighted by Gasteiger charge is 2.50. The largest absolute Gasteiger partial charge is 0.393 e. The van der Waals surface area contributed by atoms with E-state index in [9.17, 15) is 20.1 Å². The van der Waals surface area contributed by atoms with Crippen molar-refractivity contribution in [3.8, 4) is 0 Å². The number of Topliss-reactive ketones (excluding diaryl/α,β-unsaturated/α-hetero) is 1. The lowest BCUT2D eigenvalue weighted by molar-refractivity contribution is -0.117. The van der Waals surface area contributed by atoms with Crippen LogP contribution in [0.1, 0.15) is 73.6 Å². The SMILES string of the molecule is CCC(O)CCC1(C(O)/C=C/C(C)C(=O)/C(C)=C/C=C/C(C)CC2OC2C(C)C(O)CC)CO1. The smallest absolute Gasteiger partial charge is 0.165 e. The monoisotopic (exact) mass is 478 g/mol. The molecule has 2 saturated heterocycles. The minimum Gasteiger partial charge on any atom is -0.393 e. The van der Waals surface area contributed by atoms with Crippen LogP contribution in [0, 0.1) is 17.8 Å². The van der Waals surface area contributed by atoms with Gasteiger partial charge in [0.15, 0.2) is 5.78 Å². The average molecular weight is 479 g/mol. The van der Waals surface area contributed by atoms with Gasteiger partial charge in [-0.05, 0) is 50.5 Å². The van der Waals surface area contributed by atoms with Gasteiger partial charge in [-0.1, -0.05) is 65.0 Å². The Morgan fingerprint density at radius 2 is 1.76 bits per heavy atom. The molecule has 0 bridgehead atoms. The van der Waals surface area contributed by atoms with E-state index >= 15 is 0 Å². The first-order chi connectivity index (χ1) is 16.0. The quantitative estimate of drug-likeness (QED) is 0.133. The normalized spacial score (nSPS) is 30.2. The molecule has 9 unspecified atom stereocenters. The molecule has 0 aromatic carbocycles. The summed E-state index contributed by atoms with van der Waals surface area (Å²) in [5, 5.41) is 30.3. The Kier molecular flexibility index (Phi) is 11.2. The maximum atomic E-state index is 12.7. The summed E-state index contributed by atoms with van der Waals surface area (Å²) in [6.07, 6.45) is 11.6. The predicted octanol–water partition coefficient (Wildman–Crippen LogP) is 4.13. The van der Waals surface area contributed by atoms with Gasteiger partial charge < -0.3 is 24.8 Å². The maximum Gasteiger partial charge on any atom is 0.165 e. The topological polar surface area (TPSA) is 103 Å². The molecule has 2 rings (SSSR count). The Labute approximate surface area is 205 Å². The second-order valence-electron chi connectivity index (χ2n) is 10.4. The third kappa shape index (κ3) is 8.42. The van der Waals surface area contributed by atoms with Crippen molar-refractivity contribution in [2.45, 2.75) is 110 Å². The summed E-state index contributed by atoms with van der Waals surface area (Å²) in [6, 6.07) is 0. The molecule has 0 radical (unpaired) electrons. The lowest BCUT2D eigenvalue weighted by Crippen LogP contribution is -2.29. The van der Waals surface area contributed by atoms with Crippen LogP contribution in [0.3, 0.4) is 0 Å². The van der Waals surface area contributed by atoms with Crippen molar-refractivity contribution in [2.75, 3.05) is 6.61 Å². The number of epoxide rings is 2. The van der Waals surface area contributed by atoms with Gasteiger partial charge in [-0.15, -0.1) is 0 Å². The summed E-state index contributed by atoms with van der Waals surface area (Å²) >= 11 is 0. The fraction of sp³-hybridized carbons (Fsp3) is 0.750. The molecule has 0 saturated carbocycles. The van der Waals surface area contributed by atoms with Gasteiger partial charge in [0.05, 0.1) is 31.0 Å². The number of aliphatic hydroxyl groups is 3. The molecule has 3 N–H and O–H groups in total. The van der Waals surface area contributed by atoms with E-state index in [1.54, 1.807) is 12.2 Å². The minimum atomic E-state index is -0.786. The van der Waals surface area contributed by atoms with E-state index in [2.05, 4.69) is 13.0 Å². The molecular weight excluding hydrogens is 432 g/mol. The molecule has 194 valence electrons. The summed E-state index contributed by atoms with van der Waals surface area (Å²) in [4.78, 5) is 12.7. The Morgan fingerprint density at radius 1 is 1.09 bits per heavy atom. The number of rotatable bonds is 16. The number of carbonyl (C=O) groups excluding carboxylic acids is 1. The predicted molar refractivity (Wildman–Crippen MR) is 134 cm³/mol. The molecular formula is C28H46O6. The molecule has 2 fully saturated rings. The summed E-state index contributed by atoms with van der Waals surface area (Å²) in [6.45, 7) is 12.2. The Bertz CT molecular complexity index is 737. The van der Waals surface area contributed by atoms with Crippen LogP contribution in [0.15, 0.2) is 36.0 Å². The first-order valence-corrected chi connectivity index (χ1v) is 13.0. The van der Waals surface area contributed by atoms with Crippen LogP contribution in [-0.2, 0) is 14.3 Å². The molecule has 2 aliphatic rings. The fourth-order valence-corrected chi connectivity index (χ4v) is 4.38. The van der Waals surface area contributed by atoms with Gasteiger partial charge in [-0.3, -0.25) is 4.79 Å². The molecule has 0 aliphatic carbocycles. The number of allylic oxidation sites excluding steroid dienone is 5. The van der Waals surface area contributed by atoms with Gasteiger partial charge >= 0.3 is 0 Å². The van der Waals surface area contributed by atoms with Crippen LogP contribution in [0.2, 0.25) is 0 Å². The van der Waals surface area contributed by atoms with Crippen LogP contribution < -0.4 is 0 Å². The van der Waals surface area contributed by atoms with E-state index in [0.717, 1.165) is 12.8 Å². The van der Waals surface area contributed by atoms with E-state index in [1.165, 1.54) is 0 Å². The fourth-order valence-electron chi connectivity index (χ4n) is 4.38. The molecule has 0 spiro atoms. The van der Waals surface area contributed by atoms with Crippen LogP contribution in [-0.4, -0.2) is 63.8 Å². The second-order valence-corrected chi connectivity index (χ2v) is 10.4. The number of hydrogen-bond donors (Lipinski definition) is 3. The van der Waals surface area contributed by atoms with Gasteiger partial charge in [-0.25, -0.2) is 0 Å². The van der Waals surface area contributed by atoms with E-state index in [-0.39, 0.29) is 42.0 Å². The summed E-state index contributed by atoms with van der Waals surface area (Å²) in [5.41, 5.74) is 0.0503. The molecule has 0 amide bonds. The van der Waals surface area contributed by atoms with Crippen molar-refractivity contribution in [3.63, 3.8) is 0 Å². The third-order valence-electron chi connectivity index (χ3n) is 7.37. The van der Waals surface area contributed by atoms with Crippen molar-refractivity contribution in [1.29, 1.82) is 0 Å². The summed E-state index contributed by atoms with van der Waals surface area (Å²) in [5.74, 6) is 0.138. The van der Waals surface area contributed by atoms with E-state index in [4.69, 9.17) is 9.47 Å². The van der Waals surface area contributed by atoms with Crippen LogP contribution in [0.5, 0.6) is 0 Å². The summed E-state index contributed by atoms with van der Waals surface area (Å²) in [7, 11) is 0. The van der Waals surface area contributed by atoms with Crippen molar-refractivity contribution in [1.82, 2.24) is 0 Å². The van der Waals surface area contributed by atoms with E-state index in [1.807, 2.05) is 46.8 Å².